The maximum Gasteiger partial charge on any atom is 0.255 e. The third kappa shape index (κ3) is 3.37. The van der Waals surface area contributed by atoms with Gasteiger partial charge in [0.15, 0.2) is 0 Å². The van der Waals surface area contributed by atoms with Crippen molar-refractivity contribution in [2.75, 3.05) is 16.0 Å². The number of amides is 3. The quantitative estimate of drug-likeness (QED) is 0.813. The van der Waals surface area contributed by atoms with Crippen LogP contribution in [0.5, 0.6) is 0 Å². The summed E-state index contributed by atoms with van der Waals surface area (Å²) < 4.78 is 0. The summed E-state index contributed by atoms with van der Waals surface area (Å²) in [7, 11) is 0. The van der Waals surface area contributed by atoms with Crippen LogP contribution in [0.2, 0.25) is 0 Å². The third-order valence-electron chi connectivity index (χ3n) is 3.43. The second kappa shape index (κ2) is 5.92. The fraction of sp³-hybridized carbons (Fsp3) is 0.118. The van der Waals surface area contributed by atoms with Gasteiger partial charge in [0.05, 0.1) is 6.42 Å². The highest BCUT2D eigenvalue weighted by Gasteiger charge is 2.18. The normalized spacial score (nSPS) is 12.3. The zero-order chi connectivity index (χ0) is 16.4. The van der Waals surface area contributed by atoms with Crippen LogP contribution in [0.4, 0.5) is 17.1 Å². The molecule has 1 heterocycles. The van der Waals surface area contributed by atoms with E-state index in [4.69, 9.17) is 0 Å². The predicted molar refractivity (Wildman–Crippen MR) is 87.5 cm³/mol. The van der Waals surface area contributed by atoms with Crippen LogP contribution in [0.1, 0.15) is 22.8 Å². The number of nitrogens with one attached hydrogen (secondary N) is 3. The van der Waals surface area contributed by atoms with Crippen LogP contribution in [-0.2, 0) is 16.0 Å². The standard InChI is InChI=1S/C17H15N3O3/c1-10(21)18-13-4-2-3-11(7-13)17(23)19-14-5-6-15-12(8-14)9-16(22)20-15/h2-8H,9H2,1H3,(H,18,21)(H,19,23)(H,20,22). The molecule has 0 unspecified atom stereocenters. The van der Waals surface area contributed by atoms with Crippen molar-refractivity contribution in [3.8, 4) is 0 Å². The minimum atomic E-state index is -0.283. The van der Waals surface area contributed by atoms with E-state index in [1.807, 2.05) is 0 Å². The van der Waals surface area contributed by atoms with Gasteiger partial charge < -0.3 is 16.0 Å². The first-order chi connectivity index (χ1) is 11.0. The molecule has 0 radical (unpaired) electrons. The number of carbonyl (C=O) groups excluding carboxylic acids is 3. The highest BCUT2D eigenvalue weighted by atomic mass is 16.2. The zero-order valence-electron chi connectivity index (χ0n) is 12.5. The molecule has 6 nitrogen and oxygen atoms in total. The Balaban J connectivity index is 1.76. The van der Waals surface area contributed by atoms with E-state index in [0.29, 0.717) is 23.4 Å². The Morgan fingerprint density at radius 2 is 1.83 bits per heavy atom. The van der Waals surface area contributed by atoms with E-state index in [1.54, 1.807) is 42.5 Å². The van der Waals surface area contributed by atoms with E-state index in [1.165, 1.54) is 6.92 Å². The monoisotopic (exact) mass is 309 g/mol. The molecule has 0 bridgehead atoms. The minimum absolute atomic E-state index is 0.0496. The van der Waals surface area contributed by atoms with Gasteiger partial charge in [0.2, 0.25) is 11.8 Å². The van der Waals surface area contributed by atoms with Gasteiger partial charge in [-0.2, -0.15) is 0 Å². The van der Waals surface area contributed by atoms with Crippen molar-refractivity contribution in [1.82, 2.24) is 0 Å². The van der Waals surface area contributed by atoms with E-state index in [-0.39, 0.29) is 17.7 Å². The molecule has 0 aliphatic carbocycles. The van der Waals surface area contributed by atoms with Crippen molar-refractivity contribution in [2.24, 2.45) is 0 Å². The maximum atomic E-state index is 12.3. The van der Waals surface area contributed by atoms with E-state index in [2.05, 4.69) is 16.0 Å². The summed E-state index contributed by atoms with van der Waals surface area (Å²) in [5.74, 6) is -0.528. The fourth-order valence-electron chi connectivity index (χ4n) is 2.45. The van der Waals surface area contributed by atoms with Crippen LogP contribution in [0.3, 0.4) is 0 Å². The number of rotatable bonds is 3. The summed E-state index contributed by atoms with van der Waals surface area (Å²) in [4.78, 5) is 34.7. The van der Waals surface area contributed by atoms with Crippen molar-refractivity contribution < 1.29 is 14.4 Å². The Morgan fingerprint density at radius 3 is 2.61 bits per heavy atom. The van der Waals surface area contributed by atoms with Crippen molar-refractivity contribution in [3.63, 3.8) is 0 Å². The lowest BCUT2D eigenvalue weighted by atomic mass is 10.1. The molecule has 2 aromatic carbocycles. The predicted octanol–water partition coefficient (Wildman–Crippen LogP) is 2.39. The third-order valence-corrected chi connectivity index (χ3v) is 3.43. The van der Waals surface area contributed by atoms with E-state index in [9.17, 15) is 14.4 Å². The first-order valence-electron chi connectivity index (χ1n) is 7.13. The molecule has 116 valence electrons. The summed E-state index contributed by atoms with van der Waals surface area (Å²) in [5.41, 5.74) is 3.26. The van der Waals surface area contributed by atoms with Gasteiger partial charge in [-0.3, -0.25) is 14.4 Å². The fourth-order valence-corrected chi connectivity index (χ4v) is 2.45. The average molecular weight is 309 g/mol. The number of hydrogen-bond donors (Lipinski definition) is 3. The Kier molecular flexibility index (Phi) is 3.80. The molecule has 23 heavy (non-hydrogen) atoms. The number of hydrogen-bond acceptors (Lipinski definition) is 3. The molecule has 0 spiro atoms. The van der Waals surface area contributed by atoms with E-state index < -0.39 is 0 Å². The van der Waals surface area contributed by atoms with Gasteiger partial charge >= 0.3 is 0 Å². The molecule has 0 fully saturated rings. The Labute approximate surface area is 132 Å². The molecule has 0 saturated heterocycles. The maximum absolute atomic E-state index is 12.3. The van der Waals surface area contributed by atoms with Gasteiger partial charge in [-0.1, -0.05) is 6.07 Å². The molecule has 0 saturated carbocycles. The molecule has 1 aliphatic heterocycles. The number of anilines is 3. The second-order valence-electron chi connectivity index (χ2n) is 5.31. The van der Waals surface area contributed by atoms with Gasteiger partial charge in [-0.15, -0.1) is 0 Å². The van der Waals surface area contributed by atoms with Crippen LogP contribution in [-0.4, -0.2) is 17.7 Å². The smallest absolute Gasteiger partial charge is 0.255 e. The number of benzene rings is 2. The molecule has 6 heteroatoms. The highest BCUT2D eigenvalue weighted by molar-refractivity contribution is 6.06. The zero-order valence-corrected chi connectivity index (χ0v) is 12.5. The van der Waals surface area contributed by atoms with Gasteiger partial charge in [-0.25, -0.2) is 0 Å². The second-order valence-corrected chi connectivity index (χ2v) is 5.31. The van der Waals surface area contributed by atoms with Gasteiger partial charge in [0.25, 0.3) is 5.91 Å². The molecular weight excluding hydrogens is 294 g/mol. The summed E-state index contributed by atoms with van der Waals surface area (Å²) in [6.07, 6.45) is 0.317. The number of fused-ring (bicyclic) bond motifs is 1. The summed E-state index contributed by atoms with van der Waals surface area (Å²) >= 11 is 0. The van der Waals surface area contributed by atoms with Crippen molar-refractivity contribution in [3.05, 3.63) is 53.6 Å². The summed E-state index contributed by atoms with van der Waals surface area (Å²) in [6.45, 7) is 1.41. The molecule has 3 amide bonds. The summed E-state index contributed by atoms with van der Waals surface area (Å²) in [6, 6.07) is 12.0. The van der Waals surface area contributed by atoms with E-state index in [0.717, 1.165) is 11.3 Å². The highest BCUT2D eigenvalue weighted by Crippen LogP contribution is 2.26. The molecule has 3 N–H and O–H groups in total. The Morgan fingerprint density at radius 1 is 1.04 bits per heavy atom. The Hall–Kier alpha value is -3.15. The number of carbonyl (C=O) groups is 3. The first-order valence-corrected chi connectivity index (χ1v) is 7.13. The molecule has 1 aliphatic rings. The molecule has 3 rings (SSSR count). The lowest BCUT2D eigenvalue weighted by Crippen LogP contribution is -2.13. The van der Waals surface area contributed by atoms with Crippen molar-refractivity contribution in [1.29, 1.82) is 0 Å². The largest absolute Gasteiger partial charge is 0.326 e. The molecular formula is C17H15N3O3. The van der Waals surface area contributed by atoms with Crippen LogP contribution in [0.25, 0.3) is 0 Å². The van der Waals surface area contributed by atoms with Gasteiger partial charge in [0, 0.05) is 29.5 Å². The molecule has 0 atom stereocenters. The lowest BCUT2D eigenvalue weighted by Gasteiger charge is -2.08. The first kappa shape index (κ1) is 14.8. The van der Waals surface area contributed by atoms with Crippen molar-refractivity contribution >= 4 is 34.8 Å². The topological polar surface area (TPSA) is 87.3 Å². The van der Waals surface area contributed by atoms with Crippen molar-refractivity contribution in [2.45, 2.75) is 13.3 Å². The summed E-state index contributed by atoms with van der Waals surface area (Å²) in [5, 5.41) is 8.17. The average Bonchev–Trinajstić information content (AvgIpc) is 2.86. The van der Waals surface area contributed by atoms with Crippen LogP contribution in [0.15, 0.2) is 42.5 Å². The Bertz CT molecular complexity index is 814. The lowest BCUT2D eigenvalue weighted by molar-refractivity contribution is -0.115. The van der Waals surface area contributed by atoms with Crippen LogP contribution >= 0.6 is 0 Å². The molecule has 0 aromatic heterocycles. The van der Waals surface area contributed by atoms with Gasteiger partial charge in [-0.05, 0) is 42.0 Å². The molecule has 2 aromatic rings. The van der Waals surface area contributed by atoms with Crippen LogP contribution < -0.4 is 16.0 Å². The van der Waals surface area contributed by atoms with Crippen LogP contribution in [0, 0.1) is 0 Å². The van der Waals surface area contributed by atoms with Gasteiger partial charge in [0.1, 0.15) is 0 Å². The van der Waals surface area contributed by atoms with E-state index >= 15 is 0 Å². The minimum Gasteiger partial charge on any atom is -0.326 e. The SMILES string of the molecule is CC(=O)Nc1cccc(C(=O)Nc2ccc3c(c2)CC(=O)N3)c1.